The van der Waals surface area contributed by atoms with E-state index < -0.39 is 6.43 Å². The molecule has 0 saturated carbocycles. The summed E-state index contributed by atoms with van der Waals surface area (Å²) in [5.41, 5.74) is 0.463. The van der Waals surface area contributed by atoms with Crippen molar-refractivity contribution in [3.63, 3.8) is 0 Å². The number of alkyl halides is 2. The van der Waals surface area contributed by atoms with Crippen molar-refractivity contribution in [2.45, 2.75) is 20.3 Å². The first-order valence-corrected chi connectivity index (χ1v) is 4.45. The van der Waals surface area contributed by atoms with Crippen LogP contribution < -0.4 is 4.74 Å². The van der Waals surface area contributed by atoms with E-state index in [4.69, 9.17) is 4.74 Å². The van der Waals surface area contributed by atoms with Crippen LogP contribution in [-0.4, -0.2) is 12.9 Å². The largest absolute Gasteiger partial charge is 0.496 e. The number of carbonyl (C=O) groups excluding carboxylic acids is 1. The Balaban J connectivity index is 3.38. The molecule has 0 bridgehead atoms. The lowest BCUT2D eigenvalue weighted by Crippen LogP contribution is -2.00. The van der Waals surface area contributed by atoms with Crippen LogP contribution in [0.3, 0.4) is 0 Å². The summed E-state index contributed by atoms with van der Waals surface area (Å²) < 4.78 is 30.2. The van der Waals surface area contributed by atoms with Crippen molar-refractivity contribution in [3.05, 3.63) is 28.8 Å². The van der Waals surface area contributed by atoms with Crippen molar-refractivity contribution in [1.82, 2.24) is 0 Å². The Morgan fingerprint density at radius 3 is 2.40 bits per heavy atom. The molecule has 0 aliphatic carbocycles. The quantitative estimate of drug-likeness (QED) is 0.722. The average Bonchev–Trinajstić information content (AvgIpc) is 2.17. The van der Waals surface area contributed by atoms with Crippen LogP contribution in [0.5, 0.6) is 5.75 Å². The minimum Gasteiger partial charge on any atom is -0.496 e. The molecule has 82 valence electrons. The number of hydrogen-bond acceptors (Lipinski definition) is 2. The molecule has 0 aliphatic heterocycles. The molecule has 1 aromatic rings. The summed E-state index contributed by atoms with van der Waals surface area (Å²) in [7, 11) is 1.39. The summed E-state index contributed by atoms with van der Waals surface area (Å²) in [6.07, 6.45) is -2.60. The summed E-state index contributed by atoms with van der Waals surface area (Å²) in [6.45, 7) is 2.88. The maximum Gasteiger partial charge on any atom is 0.264 e. The molecule has 4 heteroatoms. The standard InChI is InChI=1S/C11H12F2O2/c1-6-9(11(12)13)4-8(7(2)14)5-10(6)15-3/h4-5,11H,1-3H3. The second-order valence-electron chi connectivity index (χ2n) is 3.25. The molecule has 0 saturated heterocycles. The van der Waals surface area contributed by atoms with E-state index in [0.29, 0.717) is 11.3 Å². The van der Waals surface area contributed by atoms with Crippen LogP contribution in [0.1, 0.15) is 34.8 Å². The highest BCUT2D eigenvalue weighted by atomic mass is 19.3. The van der Waals surface area contributed by atoms with Gasteiger partial charge in [-0.1, -0.05) is 0 Å². The lowest BCUT2D eigenvalue weighted by Gasteiger charge is -2.11. The van der Waals surface area contributed by atoms with Crippen LogP contribution in [-0.2, 0) is 0 Å². The van der Waals surface area contributed by atoms with Crippen LogP contribution in [0, 0.1) is 6.92 Å². The Morgan fingerprint density at radius 2 is 2.00 bits per heavy atom. The number of carbonyl (C=O) groups is 1. The molecule has 1 aromatic carbocycles. The van der Waals surface area contributed by atoms with Gasteiger partial charge >= 0.3 is 0 Å². The Hall–Kier alpha value is -1.45. The van der Waals surface area contributed by atoms with Gasteiger partial charge in [0.05, 0.1) is 7.11 Å². The highest BCUT2D eigenvalue weighted by Crippen LogP contribution is 2.30. The van der Waals surface area contributed by atoms with Crippen molar-refractivity contribution in [2.75, 3.05) is 7.11 Å². The number of halogens is 2. The zero-order chi connectivity index (χ0) is 11.6. The second-order valence-corrected chi connectivity index (χ2v) is 3.25. The number of hydrogen-bond donors (Lipinski definition) is 0. The van der Waals surface area contributed by atoms with Crippen molar-refractivity contribution in [2.24, 2.45) is 0 Å². The molecule has 0 unspecified atom stereocenters. The van der Waals surface area contributed by atoms with Crippen LogP contribution in [0.15, 0.2) is 12.1 Å². The van der Waals surface area contributed by atoms with E-state index in [9.17, 15) is 13.6 Å². The van der Waals surface area contributed by atoms with Gasteiger partial charge in [-0.15, -0.1) is 0 Å². The third kappa shape index (κ3) is 2.32. The summed E-state index contributed by atoms with van der Waals surface area (Å²) in [5, 5.41) is 0. The van der Waals surface area contributed by atoms with Crippen LogP contribution in [0.2, 0.25) is 0 Å². The lowest BCUT2D eigenvalue weighted by molar-refractivity contribution is 0.101. The van der Waals surface area contributed by atoms with E-state index in [2.05, 4.69) is 0 Å². The molecule has 0 spiro atoms. The van der Waals surface area contributed by atoms with E-state index in [-0.39, 0.29) is 16.9 Å². The Labute approximate surface area is 86.9 Å². The zero-order valence-corrected chi connectivity index (χ0v) is 8.80. The average molecular weight is 214 g/mol. The first-order valence-electron chi connectivity index (χ1n) is 4.45. The molecule has 0 fully saturated rings. The monoisotopic (exact) mass is 214 g/mol. The van der Waals surface area contributed by atoms with Gasteiger partial charge in [0.15, 0.2) is 5.78 Å². The van der Waals surface area contributed by atoms with Crippen molar-refractivity contribution in [1.29, 1.82) is 0 Å². The molecule has 0 radical (unpaired) electrons. The first kappa shape index (κ1) is 11.6. The number of ether oxygens (including phenoxy) is 1. The Bertz CT molecular complexity index is 386. The fourth-order valence-electron chi connectivity index (χ4n) is 1.35. The predicted octanol–water partition coefficient (Wildman–Crippen LogP) is 3.14. The maximum atomic E-state index is 12.6. The van der Waals surface area contributed by atoms with E-state index in [1.165, 1.54) is 26.2 Å². The van der Waals surface area contributed by atoms with Crippen molar-refractivity contribution >= 4 is 5.78 Å². The van der Waals surface area contributed by atoms with E-state index in [1.54, 1.807) is 6.92 Å². The third-order valence-electron chi connectivity index (χ3n) is 2.26. The summed E-state index contributed by atoms with van der Waals surface area (Å²) >= 11 is 0. The summed E-state index contributed by atoms with van der Waals surface area (Å²) in [6, 6.07) is 2.69. The van der Waals surface area contributed by atoms with Gasteiger partial charge in [0.2, 0.25) is 0 Å². The summed E-state index contributed by atoms with van der Waals surface area (Å²) in [4.78, 5) is 11.1. The maximum absolute atomic E-state index is 12.6. The van der Waals surface area contributed by atoms with Gasteiger partial charge < -0.3 is 4.74 Å². The molecule has 1 rings (SSSR count). The molecule has 0 aliphatic rings. The molecular weight excluding hydrogens is 202 g/mol. The number of benzene rings is 1. The molecule has 2 nitrogen and oxygen atoms in total. The molecule has 0 heterocycles. The van der Waals surface area contributed by atoms with Gasteiger partial charge in [-0.05, 0) is 31.5 Å². The predicted molar refractivity (Wildman–Crippen MR) is 52.7 cm³/mol. The molecule has 15 heavy (non-hydrogen) atoms. The molecule has 0 amide bonds. The SMILES string of the molecule is COc1cc(C(C)=O)cc(C(F)F)c1C. The van der Waals surface area contributed by atoms with E-state index >= 15 is 0 Å². The van der Waals surface area contributed by atoms with Crippen molar-refractivity contribution < 1.29 is 18.3 Å². The summed E-state index contributed by atoms with van der Waals surface area (Å²) in [5.74, 6) is 0.0631. The van der Waals surface area contributed by atoms with Crippen molar-refractivity contribution in [3.8, 4) is 5.75 Å². The third-order valence-corrected chi connectivity index (χ3v) is 2.26. The Morgan fingerprint density at radius 1 is 1.40 bits per heavy atom. The molecule has 0 N–H and O–H groups in total. The highest BCUT2D eigenvalue weighted by Gasteiger charge is 2.16. The van der Waals surface area contributed by atoms with Crippen LogP contribution >= 0.6 is 0 Å². The zero-order valence-electron chi connectivity index (χ0n) is 8.80. The van der Waals surface area contributed by atoms with Crippen LogP contribution in [0.25, 0.3) is 0 Å². The van der Waals surface area contributed by atoms with Gasteiger partial charge in [0.1, 0.15) is 5.75 Å². The number of Topliss-reactive ketones (excluding diaryl/α,β-unsaturated/α-hetero) is 1. The molecule has 0 atom stereocenters. The van der Waals surface area contributed by atoms with Gasteiger partial charge in [0.25, 0.3) is 6.43 Å². The minimum atomic E-state index is -2.60. The minimum absolute atomic E-state index is 0.153. The Kier molecular flexibility index (Phi) is 3.39. The fraction of sp³-hybridized carbons (Fsp3) is 0.364. The molecular formula is C11H12F2O2. The fourth-order valence-corrected chi connectivity index (χ4v) is 1.35. The first-order chi connectivity index (χ1) is 6.97. The number of rotatable bonds is 3. The number of ketones is 1. The van der Waals surface area contributed by atoms with Gasteiger partial charge in [-0.3, -0.25) is 4.79 Å². The number of methoxy groups -OCH3 is 1. The topological polar surface area (TPSA) is 26.3 Å². The molecule has 0 aromatic heterocycles. The normalized spacial score (nSPS) is 10.5. The van der Waals surface area contributed by atoms with Crippen LogP contribution in [0.4, 0.5) is 8.78 Å². The highest BCUT2D eigenvalue weighted by molar-refractivity contribution is 5.94. The second kappa shape index (κ2) is 4.38. The van der Waals surface area contributed by atoms with Gasteiger partial charge in [-0.2, -0.15) is 0 Å². The lowest BCUT2D eigenvalue weighted by atomic mass is 10.0. The van der Waals surface area contributed by atoms with Gasteiger partial charge in [0, 0.05) is 11.1 Å². The van der Waals surface area contributed by atoms with Gasteiger partial charge in [-0.25, -0.2) is 8.78 Å². The van der Waals surface area contributed by atoms with E-state index in [0.717, 1.165) is 0 Å². The van der Waals surface area contributed by atoms with E-state index in [1.807, 2.05) is 0 Å². The smallest absolute Gasteiger partial charge is 0.264 e.